The number of aliphatic carboxylic acids is 1. The highest BCUT2D eigenvalue weighted by Crippen LogP contribution is 2.23. The van der Waals surface area contributed by atoms with E-state index in [4.69, 9.17) is 0 Å². The third-order valence-corrected chi connectivity index (χ3v) is 4.78. The molecule has 7 heteroatoms. The van der Waals surface area contributed by atoms with E-state index in [1.807, 2.05) is 6.92 Å². The number of rotatable bonds is 7. The molecule has 0 aliphatic carbocycles. The van der Waals surface area contributed by atoms with Crippen molar-refractivity contribution in [3.8, 4) is 0 Å². The van der Waals surface area contributed by atoms with Crippen LogP contribution < -0.4 is 10.6 Å². The summed E-state index contributed by atoms with van der Waals surface area (Å²) in [6, 6.07) is 4.15. The third-order valence-electron chi connectivity index (χ3n) is 3.85. The number of nitrogens with one attached hydrogen (secondary N) is 2. The summed E-state index contributed by atoms with van der Waals surface area (Å²) < 4.78 is 0. The zero-order valence-corrected chi connectivity index (χ0v) is 14.4. The zero-order chi connectivity index (χ0) is 17.5. The van der Waals surface area contributed by atoms with Gasteiger partial charge in [0.25, 0.3) is 5.91 Å². The van der Waals surface area contributed by atoms with E-state index in [0.717, 1.165) is 23.4 Å². The largest absolute Gasteiger partial charge is 0.480 e. The lowest BCUT2D eigenvalue weighted by Gasteiger charge is -2.15. The van der Waals surface area contributed by atoms with E-state index in [9.17, 15) is 19.5 Å². The summed E-state index contributed by atoms with van der Waals surface area (Å²) in [5, 5.41) is 14.7. The van der Waals surface area contributed by atoms with Gasteiger partial charge in [-0.3, -0.25) is 9.59 Å². The van der Waals surface area contributed by atoms with Gasteiger partial charge < -0.3 is 15.7 Å². The molecule has 24 heavy (non-hydrogen) atoms. The quantitative estimate of drug-likeness (QED) is 0.656. The Labute approximate surface area is 145 Å². The van der Waals surface area contributed by atoms with Gasteiger partial charge in [-0.05, 0) is 54.5 Å². The van der Waals surface area contributed by atoms with Crippen molar-refractivity contribution in [3.63, 3.8) is 0 Å². The van der Waals surface area contributed by atoms with Gasteiger partial charge >= 0.3 is 5.97 Å². The van der Waals surface area contributed by atoms with E-state index in [1.54, 1.807) is 30.0 Å². The Kier molecular flexibility index (Phi) is 6.66. The van der Waals surface area contributed by atoms with Crippen molar-refractivity contribution in [2.24, 2.45) is 0 Å². The Morgan fingerprint density at radius 1 is 1.38 bits per heavy atom. The number of thioether (sulfide) groups is 1. The van der Waals surface area contributed by atoms with Crippen molar-refractivity contribution < 1.29 is 19.5 Å². The number of benzene rings is 1. The van der Waals surface area contributed by atoms with Crippen LogP contribution >= 0.6 is 11.8 Å². The Balaban J connectivity index is 2.07. The van der Waals surface area contributed by atoms with Crippen LogP contribution in [0.2, 0.25) is 0 Å². The number of carbonyl (C=O) groups excluding carboxylic acids is 2. The van der Waals surface area contributed by atoms with Crippen LogP contribution in [0.3, 0.4) is 0 Å². The molecule has 1 heterocycles. The van der Waals surface area contributed by atoms with Crippen molar-refractivity contribution in [2.45, 2.75) is 38.6 Å². The van der Waals surface area contributed by atoms with Crippen LogP contribution in [0.5, 0.6) is 0 Å². The molecule has 2 amide bonds. The molecule has 1 unspecified atom stereocenters. The molecule has 0 bridgehead atoms. The fourth-order valence-corrected chi connectivity index (χ4v) is 3.25. The molecule has 0 aromatic heterocycles. The van der Waals surface area contributed by atoms with Gasteiger partial charge in [-0.2, -0.15) is 11.8 Å². The molecule has 1 aliphatic heterocycles. The SMILES string of the molecule is CCSCCC(NC(=O)c1ccc2c(c1)CCCC(=O)N2)C(=O)O. The first kappa shape index (κ1) is 18.3. The summed E-state index contributed by atoms with van der Waals surface area (Å²) in [5.74, 6) is 0.149. The first-order valence-corrected chi connectivity index (χ1v) is 9.21. The average Bonchev–Trinajstić information content (AvgIpc) is 2.73. The molecular weight excluding hydrogens is 328 g/mol. The third kappa shape index (κ3) is 4.99. The van der Waals surface area contributed by atoms with Crippen molar-refractivity contribution in [1.82, 2.24) is 5.32 Å². The second-order valence-electron chi connectivity index (χ2n) is 5.62. The maximum absolute atomic E-state index is 12.4. The van der Waals surface area contributed by atoms with Gasteiger partial charge in [0, 0.05) is 17.7 Å². The number of carbonyl (C=O) groups is 3. The highest BCUT2D eigenvalue weighted by molar-refractivity contribution is 7.99. The molecule has 0 fully saturated rings. The van der Waals surface area contributed by atoms with Gasteiger partial charge in [0.2, 0.25) is 5.91 Å². The summed E-state index contributed by atoms with van der Waals surface area (Å²) in [7, 11) is 0. The lowest BCUT2D eigenvalue weighted by atomic mass is 10.0. The van der Waals surface area contributed by atoms with E-state index in [2.05, 4.69) is 10.6 Å². The Morgan fingerprint density at radius 2 is 2.17 bits per heavy atom. The molecule has 2 rings (SSSR count). The minimum absolute atomic E-state index is 0.0229. The van der Waals surface area contributed by atoms with Crippen molar-refractivity contribution in [2.75, 3.05) is 16.8 Å². The molecule has 130 valence electrons. The second-order valence-corrected chi connectivity index (χ2v) is 7.02. The fraction of sp³-hybridized carbons (Fsp3) is 0.471. The average molecular weight is 350 g/mol. The summed E-state index contributed by atoms with van der Waals surface area (Å²) in [6.07, 6.45) is 2.30. The normalized spacial score (nSPS) is 15.0. The van der Waals surface area contributed by atoms with E-state index in [-0.39, 0.29) is 5.91 Å². The smallest absolute Gasteiger partial charge is 0.326 e. The Bertz CT molecular complexity index is 633. The van der Waals surface area contributed by atoms with Crippen LogP contribution in [0, 0.1) is 0 Å². The topological polar surface area (TPSA) is 95.5 Å². The van der Waals surface area contributed by atoms with Crippen LogP contribution in [-0.2, 0) is 16.0 Å². The fourth-order valence-electron chi connectivity index (χ4n) is 2.56. The Morgan fingerprint density at radius 3 is 2.88 bits per heavy atom. The highest BCUT2D eigenvalue weighted by Gasteiger charge is 2.21. The number of fused-ring (bicyclic) bond motifs is 1. The number of hydrogen-bond acceptors (Lipinski definition) is 4. The predicted molar refractivity (Wildman–Crippen MR) is 94.5 cm³/mol. The van der Waals surface area contributed by atoms with E-state index in [0.29, 0.717) is 30.6 Å². The van der Waals surface area contributed by atoms with Crippen LogP contribution in [0.25, 0.3) is 0 Å². The number of carboxylic acid groups (broad SMARTS) is 1. The summed E-state index contributed by atoms with van der Waals surface area (Å²) >= 11 is 1.64. The minimum atomic E-state index is -1.03. The number of carboxylic acids is 1. The standard InChI is InChI=1S/C17H22N2O4S/c1-2-24-9-8-14(17(22)23)19-16(21)12-6-7-13-11(10-12)4-3-5-15(20)18-13/h6-7,10,14H,2-5,8-9H2,1H3,(H,18,20)(H,19,21)(H,22,23). The lowest BCUT2D eigenvalue weighted by Crippen LogP contribution is -2.41. The molecule has 1 atom stereocenters. The van der Waals surface area contributed by atoms with Crippen molar-refractivity contribution >= 4 is 35.2 Å². The van der Waals surface area contributed by atoms with Crippen LogP contribution in [0.4, 0.5) is 5.69 Å². The van der Waals surface area contributed by atoms with Crippen molar-refractivity contribution in [3.05, 3.63) is 29.3 Å². The van der Waals surface area contributed by atoms with Gasteiger partial charge in [-0.1, -0.05) is 6.92 Å². The minimum Gasteiger partial charge on any atom is -0.480 e. The molecule has 0 radical (unpaired) electrons. The van der Waals surface area contributed by atoms with Gasteiger partial charge in [0.15, 0.2) is 0 Å². The van der Waals surface area contributed by atoms with Gasteiger partial charge in [0.05, 0.1) is 0 Å². The van der Waals surface area contributed by atoms with E-state index >= 15 is 0 Å². The molecule has 0 spiro atoms. The monoisotopic (exact) mass is 350 g/mol. The molecule has 1 aliphatic rings. The maximum atomic E-state index is 12.4. The lowest BCUT2D eigenvalue weighted by molar-refractivity contribution is -0.139. The molecule has 6 nitrogen and oxygen atoms in total. The number of anilines is 1. The van der Waals surface area contributed by atoms with Gasteiger partial charge in [-0.25, -0.2) is 4.79 Å². The van der Waals surface area contributed by atoms with E-state index in [1.165, 1.54) is 0 Å². The molecule has 3 N–H and O–H groups in total. The second kappa shape index (κ2) is 8.73. The Hall–Kier alpha value is -2.02. The first-order chi connectivity index (χ1) is 11.5. The molecule has 1 aromatic carbocycles. The van der Waals surface area contributed by atoms with Crippen LogP contribution in [0.1, 0.15) is 42.1 Å². The molecule has 1 aromatic rings. The summed E-state index contributed by atoms with van der Waals surface area (Å²) in [5.41, 5.74) is 2.05. The van der Waals surface area contributed by atoms with Gasteiger partial charge in [0.1, 0.15) is 6.04 Å². The number of aryl methyl sites for hydroxylation is 1. The van der Waals surface area contributed by atoms with Crippen LogP contribution in [0.15, 0.2) is 18.2 Å². The van der Waals surface area contributed by atoms with Gasteiger partial charge in [-0.15, -0.1) is 0 Å². The predicted octanol–water partition coefficient (Wildman–Crippen LogP) is 2.29. The molecular formula is C17H22N2O4S. The maximum Gasteiger partial charge on any atom is 0.326 e. The molecule has 0 saturated carbocycles. The zero-order valence-electron chi connectivity index (χ0n) is 13.6. The number of amides is 2. The van der Waals surface area contributed by atoms with Crippen LogP contribution in [-0.4, -0.2) is 40.4 Å². The summed E-state index contributed by atoms with van der Waals surface area (Å²) in [4.78, 5) is 35.2. The highest BCUT2D eigenvalue weighted by atomic mass is 32.2. The first-order valence-electron chi connectivity index (χ1n) is 8.05. The van der Waals surface area contributed by atoms with E-state index < -0.39 is 17.9 Å². The van der Waals surface area contributed by atoms with Crippen molar-refractivity contribution in [1.29, 1.82) is 0 Å². The molecule has 0 saturated heterocycles. The number of hydrogen-bond donors (Lipinski definition) is 3. The summed E-state index contributed by atoms with van der Waals surface area (Å²) in [6.45, 7) is 2.01.